The predicted octanol–water partition coefficient (Wildman–Crippen LogP) is 4.67. The lowest BCUT2D eigenvalue weighted by molar-refractivity contribution is -0.137. The summed E-state index contributed by atoms with van der Waals surface area (Å²) in [4.78, 5) is 21.4. The lowest BCUT2D eigenvalue weighted by atomic mass is 10.1. The third-order valence-electron chi connectivity index (χ3n) is 5.69. The van der Waals surface area contributed by atoms with Crippen molar-refractivity contribution in [2.45, 2.75) is 19.3 Å². The Labute approximate surface area is 190 Å². The fourth-order valence-electron chi connectivity index (χ4n) is 3.82. The molecule has 2 heterocycles. The Bertz CT molecular complexity index is 1050. The van der Waals surface area contributed by atoms with Crippen LogP contribution >= 0.6 is 0 Å². The Morgan fingerprint density at radius 2 is 1.45 bits per heavy atom. The molecule has 1 saturated heterocycles. The number of anilines is 1. The molecule has 8 heteroatoms. The average molecular weight is 454 g/mol. The normalized spacial score (nSPS) is 15.4. The summed E-state index contributed by atoms with van der Waals surface area (Å²) in [7, 11) is 0. The van der Waals surface area contributed by atoms with E-state index in [4.69, 9.17) is 0 Å². The third-order valence-corrected chi connectivity index (χ3v) is 5.69. The number of carbonyl (C=O) groups excluding carboxylic acids is 1. The first-order valence-corrected chi connectivity index (χ1v) is 10.8. The van der Waals surface area contributed by atoms with Crippen molar-refractivity contribution in [3.63, 3.8) is 0 Å². The summed E-state index contributed by atoms with van der Waals surface area (Å²) in [6, 6.07) is 15.8. The van der Waals surface area contributed by atoms with Crippen LogP contribution in [0, 0.1) is 0 Å². The summed E-state index contributed by atoms with van der Waals surface area (Å²) in [6.07, 6.45) is -0.711. The summed E-state index contributed by atoms with van der Waals surface area (Å²) >= 11 is 0. The molecule has 0 spiro atoms. The molecule has 0 bridgehead atoms. The zero-order chi connectivity index (χ0) is 23.3. The highest BCUT2D eigenvalue weighted by Gasteiger charge is 2.30. The minimum atomic E-state index is -4.40. The average Bonchev–Trinajstić information content (AvgIpc) is 2.81. The molecular formula is C25H25F3N4O. The van der Waals surface area contributed by atoms with Crippen molar-refractivity contribution in [2.24, 2.45) is 0 Å². The number of rotatable bonds is 6. The molecule has 4 rings (SSSR count). The highest BCUT2D eigenvalue weighted by molar-refractivity contribution is 6.04. The van der Waals surface area contributed by atoms with E-state index in [0.29, 0.717) is 11.3 Å². The van der Waals surface area contributed by atoms with Gasteiger partial charge in [-0.25, -0.2) is 0 Å². The molecular weight excluding hydrogens is 429 g/mol. The molecule has 172 valence electrons. The Morgan fingerprint density at radius 3 is 2.00 bits per heavy atom. The number of pyridine rings is 1. The number of nitrogens with zero attached hydrogens (tertiary/aromatic N) is 3. The zero-order valence-electron chi connectivity index (χ0n) is 18.1. The van der Waals surface area contributed by atoms with Crippen molar-refractivity contribution in [1.29, 1.82) is 0 Å². The maximum Gasteiger partial charge on any atom is 0.416 e. The lowest BCUT2D eigenvalue weighted by Gasteiger charge is -2.34. The van der Waals surface area contributed by atoms with Crippen molar-refractivity contribution in [3.05, 3.63) is 95.3 Å². The minimum absolute atomic E-state index is 0.321. The number of aromatic nitrogens is 1. The van der Waals surface area contributed by atoms with Gasteiger partial charge in [0, 0.05) is 62.9 Å². The second-order valence-corrected chi connectivity index (χ2v) is 8.14. The number of halogens is 3. The Balaban J connectivity index is 1.26. The number of alkyl halides is 3. The zero-order valence-corrected chi connectivity index (χ0v) is 18.1. The van der Waals surface area contributed by atoms with Gasteiger partial charge in [0.05, 0.1) is 5.56 Å². The number of hydrogen-bond donors (Lipinski definition) is 1. The SMILES string of the molecule is O=C(Nc1ccc(C(F)(F)F)cc1)c1ccc(CN2CCN(Cc3cccnc3)CC2)cc1. The molecule has 1 fully saturated rings. The van der Waals surface area contributed by atoms with Gasteiger partial charge in [-0.3, -0.25) is 19.6 Å². The Hall–Kier alpha value is -3.23. The summed E-state index contributed by atoms with van der Waals surface area (Å²) in [5.41, 5.74) is 2.36. The maximum absolute atomic E-state index is 12.7. The molecule has 0 unspecified atom stereocenters. The number of benzene rings is 2. The van der Waals surface area contributed by atoms with Gasteiger partial charge in [0.25, 0.3) is 5.91 Å². The van der Waals surface area contributed by atoms with Gasteiger partial charge in [0.2, 0.25) is 0 Å². The largest absolute Gasteiger partial charge is 0.416 e. The molecule has 0 atom stereocenters. The second kappa shape index (κ2) is 10.1. The molecule has 1 aliphatic rings. The van der Waals surface area contributed by atoms with Crippen molar-refractivity contribution in [3.8, 4) is 0 Å². The van der Waals surface area contributed by atoms with Crippen molar-refractivity contribution >= 4 is 11.6 Å². The first kappa shape index (κ1) is 22.9. The van der Waals surface area contributed by atoms with Gasteiger partial charge in [0.1, 0.15) is 0 Å². The van der Waals surface area contributed by atoms with Crippen LogP contribution in [0.4, 0.5) is 18.9 Å². The van der Waals surface area contributed by atoms with Crippen molar-refractivity contribution < 1.29 is 18.0 Å². The van der Waals surface area contributed by atoms with Crippen LogP contribution in [-0.2, 0) is 19.3 Å². The van der Waals surface area contributed by atoms with Gasteiger partial charge >= 0.3 is 6.18 Å². The maximum atomic E-state index is 12.7. The smallest absolute Gasteiger partial charge is 0.322 e. The Morgan fingerprint density at radius 1 is 0.848 bits per heavy atom. The topological polar surface area (TPSA) is 48.5 Å². The quantitative estimate of drug-likeness (QED) is 0.588. The summed E-state index contributed by atoms with van der Waals surface area (Å²) in [5, 5.41) is 2.64. The molecule has 5 nitrogen and oxygen atoms in total. The van der Waals surface area contributed by atoms with Gasteiger partial charge in [-0.05, 0) is 53.6 Å². The molecule has 0 aliphatic carbocycles. The van der Waals surface area contributed by atoms with Crippen LogP contribution in [0.1, 0.15) is 27.0 Å². The van der Waals surface area contributed by atoms with Crippen LogP contribution in [0.5, 0.6) is 0 Å². The molecule has 0 saturated carbocycles. The molecule has 2 aromatic carbocycles. The van der Waals surface area contributed by atoms with Gasteiger partial charge in [-0.15, -0.1) is 0 Å². The minimum Gasteiger partial charge on any atom is -0.322 e. The number of amides is 1. The first-order chi connectivity index (χ1) is 15.9. The fourth-order valence-corrected chi connectivity index (χ4v) is 3.82. The predicted molar refractivity (Wildman–Crippen MR) is 121 cm³/mol. The van der Waals surface area contributed by atoms with E-state index < -0.39 is 11.7 Å². The highest BCUT2D eigenvalue weighted by Crippen LogP contribution is 2.29. The van der Waals surface area contributed by atoms with E-state index in [1.165, 1.54) is 17.7 Å². The molecule has 33 heavy (non-hydrogen) atoms. The van der Waals surface area contributed by atoms with E-state index in [-0.39, 0.29) is 5.91 Å². The molecule has 1 aromatic heterocycles. The van der Waals surface area contributed by atoms with E-state index >= 15 is 0 Å². The van der Waals surface area contributed by atoms with Crippen LogP contribution in [-0.4, -0.2) is 46.9 Å². The van der Waals surface area contributed by atoms with Crippen molar-refractivity contribution in [2.75, 3.05) is 31.5 Å². The monoisotopic (exact) mass is 454 g/mol. The van der Waals surface area contributed by atoms with Crippen LogP contribution in [0.3, 0.4) is 0 Å². The number of carbonyl (C=O) groups is 1. The molecule has 3 aromatic rings. The summed E-state index contributed by atoms with van der Waals surface area (Å²) in [5.74, 6) is -0.356. The summed E-state index contributed by atoms with van der Waals surface area (Å²) in [6.45, 7) is 5.63. The summed E-state index contributed by atoms with van der Waals surface area (Å²) < 4.78 is 38.0. The molecule has 1 N–H and O–H groups in total. The second-order valence-electron chi connectivity index (χ2n) is 8.14. The standard InChI is InChI=1S/C25H25F3N4O/c26-25(27,28)22-7-9-23(10-8-22)30-24(33)21-5-3-19(4-6-21)17-31-12-14-32(15-13-31)18-20-2-1-11-29-16-20/h1-11,16H,12-15,17-18H2,(H,30,33). The third kappa shape index (κ3) is 6.40. The highest BCUT2D eigenvalue weighted by atomic mass is 19.4. The van der Waals surface area contributed by atoms with Crippen molar-refractivity contribution in [1.82, 2.24) is 14.8 Å². The molecule has 1 amide bonds. The van der Waals surface area contributed by atoms with E-state index in [2.05, 4.69) is 26.2 Å². The van der Waals surface area contributed by atoms with Gasteiger partial charge in [0.15, 0.2) is 0 Å². The Kier molecular flexibility index (Phi) is 7.05. The van der Waals surface area contributed by atoms with Gasteiger partial charge in [-0.1, -0.05) is 18.2 Å². The molecule has 1 aliphatic heterocycles. The van der Waals surface area contributed by atoms with Crippen LogP contribution in [0.2, 0.25) is 0 Å². The fraction of sp³-hybridized carbons (Fsp3) is 0.280. The van der Waals surface area contributed by atoms with Gasteiger partial charge < -0.3 is 5.32 Å². The van der Waals surface area contributed by atoms with E-state index in [0.717, 1.165) is 57.0 Å². The van der Waals surface area contributed by atoms with E-state index in [1.54, 1.807) is 18.3 Å². The number of piperazine rings is 1. The van der Waals surface area contributed by atoms with Crippen LogP contribution < -0.4 is 5.32 Å². The van der Waals surface area contributed by atoms with Gasteiger partial charge in [-0.2, -0.15) is 13.2 Å². The number of nitrogens with one attached hydrogen (secondary N) is 1. The lowest BCUT2D eigenvalue weighted by Crippen LogP contribution is -2.45. The van der Waals surface area contributed by atoms with E-state index in [1.807, 2.05) is 24.4 Å². The van der Waals surface area contributed by atoms with E-state index in [9.17, 15) is 18.0 Å². The van der Waals surface area contributed by atoms with Crippen LogP contribution in [0.25, 0.3) is 0 Å². The first-order valence-electron chi connectivity index (χ1n) is 10.8. The number of hydrogen-bond acceptors (Lipinski definition) is 4. The van der Waals surface area contributed by atoms with Crippen LogP contribution in [0.15, 0.2) is 73.1 Å². The molecule has 0 radical (unpaired) electrons.